The first kappa shape index (κ1) is 22.9. The number of halogens is 1. The number of hydrogen-bond donors (Lipinski definition) is 1. The van der Waals surface area contributed by atoms with Crippen LogP contribution in [0.25, 0.3) is 17.0 Å². The lowest BCUT2D eigenvalue weighted by Crippen LogP contribution is -2.31. The first-order valence-corrected chi connectivity index (χ1v) is 11.3. The van der Waals surface area contributed by atoms with Crippen molar-refractivity contribution in [3.8, 4) is 0 Å². The highest BCUT2D eigenvalue weighted by Crippen LogP contribution is 2.29. The fraction of sp³-hybridized carbons (Fsp3) is 0.280. The lowest BCUT2D eigenvalue weighted by molar-refractivity contribution is -0.00894. The summed E-state index contributed by atoms with van der Waals surface area (Å²) in [5.74, 6) is 0.618. The van der Waals surface area contributed by atoms with Gasteiger partial charge in [-0.25, -0.2) is 9.79 Å². The lowest BCUT2D eigenvalue weighted by Gasteiger charge is -2.19. The van der Waals surface area contributed by atoms with Crippen molar-refractivity contribution in [2.45, 2.75) is 40.2 Å². The molecule has 0 amide bonds. The number of rotatable bonds is 4. The van der Waals surface area contributed by atoms with Crippen LogP contribution in [-0.2, 0) is 9.47 Å². The standard InChI is InChI=1S/C25H26BrN3O4/c1-14-9-15(2)27-18(14)12-20-23(31-6)13-19(28-20)22-11-16-10-17(26)7-8-21(16)29(22)33-24(30)32-25(3,4)5/h7-13,27H,1-6H3. The summed E-state index contributed by atoms with van der Waals surface area (Å²) in [6.07, 6.45) is 2.98. The molecule has 7 nitrogen and oxygen atoms in total. The summed E-state index contributed by atoms with van der Waals surface area (Å²) in [5, 5.41) is 0.881. The second kappa shape index (κ2) is 8.59. The van der Waals surface area contributed by atoms with Crippen molar-refractivity contribution in [2.75, 3.05) is 7.11 Å². The molecule has 0 bridgehead atoms. The van der Waals surface area contributed by atoms with Gasteiger partial charge in [0.05, 0.1) is 18.3 Å². The third kappa shape index (κ3) is 4.90. The number of nitrogens with one attached hydrogen (secondary N) is 1. The molecule has 2 aromatic heterocycles. The molecular weight excluding hydrogens is 486 g/mol. The number of aryl methyl sites for hydroxylation is 2. The van der Waals surface area contributed by atoms with Gasteiger partial charge < -0.3 is 19.3 Å². The normalized spacial score (nSPS) is 15.1. The Hall–Kier alpha value is -3.26. The number of fused-ring (bicyclic) bond motifs is 1. The van der Waals surface area contributed by atoms with E-state index in [1.54, 1.807) is 27.9 Å². The molecule has 172 valence electrons. The number of H-pyrrole nitrogens is 1. The summed E-state index contributed by atoms with van der Waals surface area (Å²) in [6.45, 7) is 9.41. The predicted octanol–water partition coefficient (Wildman–Crippen LogP) is 6.09. The Balaban J connectivity index is 1.80. The highest BCUT2D eigenvalue weighted by molar-refractivity contribution is 9.10. The molecule has 0 saturated carbocycles. The average Bonchev–Trinajstić information content (AvgIpc) is 3.36. The van der Waals surface area contributed by atoms with Crippen molar-refractivity contribution >= 4 is 44.8 Å². The molecule has 1 aliphatic rings. The summed E-state index contributed by atoms with van der Waals surface area (Å²) in [5.41, 5.74) is 5.06. The van der Waals surface area contributed by atoms with Crippen LogP contribution >= 0.6 is 15.9 Å². The van der Waals surface area contributed by atoms with E-state index in [0.29, 0.717) is 28.4 Å². The van der Waals surface area contributed by atoms with Crippen molar-refractivity contribution in [1.82, 2.24) is 9.71 Å². The van der Waals surface area contributed by atoms with E-state index >= 15 is 0 Å². The number of benzene rings is 1. The molecule has 0 spiro atoms. The summed E-state index contributed by atoms with van der Waals surface area (Å²) in [4.78, 5) is 26.3. The van der Waals surface area contributed by atoms with E-state index in [1.165, 1.54) is 4.73 Å². The second-order valence-corrected chi connectivity index (χ2v) is 9.79. The molecule has 33 heavy (non-hydrogen) atoms. The fourth-order valence-corrected chi connectivity index (χ4v) is 4.01. The van der Waals surface area contributed by atoms with Crippen LogP contribution in [0.2, 0.25) is 0 Å². The molecule has 4 rings (SSSR count). The van der Waals surface area contributed by atoms with Gasteiger partial charge in [-0.1, -0.05) is 15.9 Å². The summed E-state index contributed by atoms with van der Waals surface area (Å²) in [6, 6.07) is 9.69. The first-order valence-electron chi connectivity index (χ1n) is 10.5. The van der Waals surface area contributed by atoms with E-state index in [-0.39, 0.29) is 0 Å². The number of carbonyl (C=O) groups excluding carboxylic acids is 1. The smallest absolute Gasteiger partial charge is 0.494 e. The molecule has 8 heteroatoms. The summed E-state index contributed by atoms with van der Waals surface area (Å²) in [7, 11) is 1.61. The van der Waals surface area contributed by atoms with E-state index in [1.807, 2.05) is 50.3 Å². The summed E-state index contributed by atoms with van der Waals surface area (Å²) >= 11 is 3.50. The maximum absolute atomic E-state index is 12.5. The number of allylic oxidation sites excluding steroid dienone is 1. The number of aromatic amines is 1. The quantitative estimate of drug-likeness (QED) is 0.430. The van der Waals surface area contributed by atoms with Gasteiger partial charge in [0.1, 0.15) is 22.8 Å². The van der Waals surface area contributed by atoms with Gasteiger partial charge in [0, 0.05) is 27.3 Å². The zero-order chi connectivity index (χ0) is 23.9. The van der Waals surface area contributed by atoms with Crippen LogP contribution in [0.3, 0.4) is 0 Å². The zero-order valence-electron chi connectivity index (χ0n) is 19.4. The van der Waals surface area contributed by atoms with Crippen molar-refractivity contribution in [3.63, 3.8) is 0 Å². The highest BCUT2D eigenvalue weighted by atomic mass is 79.9. The number of carbonyl (C=O) groups is 1. The maximum Gasteiger partial charge on any atom is 0.534 e. The van der Waals surface area contributed by atoms with Crippen molar-refractivity contribution in [3.05, 3.63) is 75.0 Å². The Morgan fingerprint density at radius 1 is 1.18 bits per heavy atom. The van der Waals surface area contributed by atoms with E-state index in [2.05, 4.69) is 27.0 Å². The largest absolute Gasteiger partial charge is 0.534 e. The lowest BCUT2D eigenvalue weighted by atomic mass is 10.2. The van der Waals surface area contributed by atoms with Crippen LogP contribution in [0.15, 0.2) is 57.3 Å². The van der Waals surface area contributed by atoms with Gasteiger partial charge in [-0.05, 0) is 76.6 Å². The van der Waals surface area contributed by atoms with Crippen LogP contribution in [0.4, 0.5) is 4.79 Å². The van der Waals surface area contributed by atoms with Gasteiger partial charge in [-0.15, -0.1) is 0 Å². The topological polar surface area (TPSA) is 77.8 Å². The Labute approximate surface area is 200 Å². The highest BCUT2D eigenvalue weighted by Gasteiger charge is 2.25. The van der Waals surface area contributed by atoms with Gasteiger partial charge in [-0.3, -0.25) is 0 Å². The van der Waals surface area contributed by atoms with Crippen molar-refractivity contribution in [2.24, 2.45) is 4.99 Å². The molecule has 0 fully saturated rings. The summed E-state index contributed by atoms with van der Waals surface area (Å²) < 4.78 is 13.3. The van der Waals surface area contributed by atoms with Crippen molar-refractivity contribution in [1.29, 1.82) is 0 Å². The second-order valence-electron chi connectivity index (χ2n) is 8.87. The molecule has 3 aromatic rings. The molecule has 0 aliphatic carbocycles. The van der Waals surface area contributed by atoms with Crippen LogP contribution in [-0.4, -0.2) is 34.3 Å². The molecular formula is C25H26BrN3O4. The number of methoxy groups -OCH3 is 1. The molecule has 0 radical (unpaired) electrons. The number of ether oxygens (including phenoxy) is 2. The van der Waals surface area contributed by atoms with Gasteiger partial charge in [0.25, 0.3) is 0 Å². The molecule has 3 heterocycles. The minimum atomic E-state index is -0.799. The van der Waals surface area contributed by atoms with Crippen molar-refractivity contribution < 1.29 is 19.1 Å². The Bertz CT molecular complexity index is 1340. The number of hydrogen-bond acceptors (Lipinski definition) is 5. The molecule has 0 unspecified atom stereocenters. The minimum absolute atomic E-state index is 0.603. The fourth-order valence-electron chi connectivity index (χ4n) is 3.63. The van der Waals surface area contributed by atoms with Crippen LogP contribution in [0.5, 0.6) is 0 Å². The third-order valence-electron chi connectivity index (χ3n) is 4.99. The van der Waals surface area contributed by atoms with E-state index in [9.17, 15) is 4.79 Å². The third-order valence-corrected chi connectivity index (χ3v) is 5.48. The zero-order valence-corrected chi connectivity index (χ0v) is 21.0. The van der Waals surface area contributed by atoms with Crippen LogP contribution < -0.4 is 4.84 Å². The monoisotopic (exact) mass is 511 g/mol. The maximum atomic E-state index is 12.5. The first-order chi connectivity index (χ1) is 15.5. The number of nitrogens with zero attached hydrogens (tertiary/aromatic N) is 2. The van der Waals surface area contributed by atoms with E-state index in [0.717, 1.165) is 26.8 Å². The van der Waals surface area contributed by atoms with E-state index in [4.69, 9.17) is 19.3 Å². The molecule has 0 atom stereocenters. The van der Waals surface area contributed by atoms with E-state index < -0.39 is 11.8 Å². The van der Waals surface area contributed by atoms with Gasteiger partial charge in [0.15, 0.2) is 0 Å². The van der Waals surface area contributed by atoms with Gasteiger partial charge >= 0.3 is 6.16 Å². The van der Waals surface area contributed by atoms with Crippen LogP contribution in [0.1, 0.15) is 43.4 Å². The van der Waals surface area contributed by atoms with Gasteiger partial charge in [0.2, 0.25) is 0 Å². The SMILES string of the molecule is COC1=CC(c2cc3cc(Br)ccc3n2OC(=O)OC(C)(C)C)=NC1=Cc1[nH]c(C)cc1C. The van der Waals surface area contributed by atoms with Crippen LogP contribution in [0, 0.1) is 13.8 Å². The molecule has 1 aromatic carbocycles. The Morgan fingerprint density at radius 3 is 2.58 bits per heavy atom. The average molecular weight is 512 g/mol. The predicted molar refractivity (Wildman–Crippen MR) is 132 cm³/mol. The molecule has 1 N–H and O–H groups in total. The molecule has 0 saturated heterocycles. The number of aromatic nitrogens is 2. The Morgan fingerprint density at radius 2 is 1.94 bits per heavy atom. The molecule has 1 aliphatic heterocycles. The van der Waals surface area contributed by atoms with Gasteiger partial charge in [-0.2, -0.15) is 4.73 Å². The minimum Gasteiger partial charge on any atom is -0.494 e. The number of aliphatic imine (C=N–C) groups is 1. The Kier molecular flexibility index (Phi) is 5.97.